The quantitative estimate of drug-likeness (QED) is 0.112. The standard InChI is InChI=1S/C47H69N7O11/c1-10-27(6)40(57)48-34(22-31-17-13-11-14-18-31)43(60)54-39-30(9)65-47(64)36(24-55)51-45(62)38(29(8)56)53-44(61)37(28(7)26(4)5)52-42(59)35(23-32-19-15-12-16-20-32)49-41(58)33(21-25(2)3)50-46(39)63/h11-20,25-30,33-39,55-56H,10,21-24H2,1-9H3,(H,48,57)(H,49,58)(H,50,63)(H,51,62)(H,52,59)(H,53,61)(H,54,60)/t27?,28?,29?,30?,33-,34-,35-,36+,37-,38+,39+/m1/s1. The van der Waals surface area contributed by atoms with Gasteiger partial charge in [-0.3, -0.25) is 33.6 Å². The molecule has 358 valence electrons. The number of aliphatic hydroxyl groups excluding tert-OH is 2. The zero-order valence-corrected chi connectivity index (χ0v) is 38.9. The van der Waals surface area contributed by atoms with E-state index in [0.29, 0.717) is 17.5 Å². The number of aliphatic hydroxyl groups is 2. The maximum absolute atomic E-state index is 14.5. The van der Waals surface area contributed by atoms with Crippen LogP contribution in [0.25, 0.3) is 0 Å². The molecule has 2 aromatic carbocycles. The minimum Gasteiger partial charge on any atom is -0.458 e. The summed E-state index contributed by atoms with van der Waals surface area (Å²) in [7, 11) is 0. The molecule has 2 aromatic rings. The summed E-state index contributed by atoms with van der Waals surface area (Å²) in [5, 5.41) is 39.3. The van der Waals surface area contributed by atoms with Crippen molar-refractivity contribution < 1.29 is 53.3 Å². The Morgan fingerprint density at radius 3 is 1.74 bits per heavy atom. The molecule has 18 heteroatoms. The number of hydrogen-bond acceptors (Lipinski definition) is 11. The summed E-state index contributed by atoms with van der Waals surface area (Å²) < 4.78 is 5.64. The molecular weight excluding hydrogens is 839 g/mol. The highest BCUT2D eigenvalue weighted by Crippen LogP contribution is 2.18. The molecule has 4 unspecified atom stereocenters. The van der Waals surface area contributed by atoms with Crippen LogP contribution in [0.5, 0.6) is 0 Å². The lowest BCUT2D eigenvalue weighted by atomic mass is 9.89. The molecule has 0 spiro atoms. The Balaban J connectivity index is 2.19. The third-order valence-corrected chi connectivity index (χ3v) is 11.6. The van der Waals surface area contributed by atoms with Gasteiger partial charge < -0.3 is 52.2 Å². The van der Waals surface area contributed by atoms with E-state index in [0.717, 1.165) is 0 Å². The van der Waals surface area contributed by atoms with Crippen molar-refractivity contribution in [2.24, 2.45) is 23.7 Å². The van der Waals surface area contributed by atoms with Crippen molar-refractivity contribution in [3.05, 3.63) is 71.8 Å². The van der Waals surface area contributed by atoms with E-state index in [1.54, 1.807) is 88.4 Å². The van der Waals surface area contributed by atoms with Gasteiger partial charge in [-0.2, -0.15) is 0 Å². The molecular formula is C47H69N7O11. The number of ether oxygens (including phenoxy) is 1. The Hall–Kier alpha value is -5.88. The second-order valence-corrected chi connectivity index (χ2v) is 17.7. The van der Waals surface area contributed by atoms with Gasteiger partial charge in [0.25, 0.3) is 0 Å². The molecule has 1 fully saturated rings. The van der Waals surface area contributed by atoms with Gasteiger partial charge in [-0.1, -0.05) is 109 Å². The first-order valence-electron chi connectivity index (χ1n) is 22.4. The Morgan fingerprint density at radius 2 is 1.20 bits per heavy atom. The van der Waals surface area contributed by atoms with Crippen molar-refractivity contribution in [1.82, 2.24) is 37.2 Å². The molecule has 11 atom stereocenters. The van der Waals surface area contributed by atoms with Crippen LogP contribution in [0.4, 0.5) is 0 Å². The van der Waals surface area contributed by atoms with E-state index in [4.69, 9.17) is 4.74 Å². The average molecular weight is 908 g/mol. The first-order valence-corrected chi connectivity index (χ1v) is 22.4. The van der Waals surface area contributed by atoms with E-state index in [1.165, 1.54) is 13.8 Å². The van der Waals surface area contributed by atoms with Crippen molar-refractivity contribution in [1.29, 1.82) is 0 Å². The summed E-state index contributed by atoms with van der Waals surface area (Å²) in [4.78, 5) is 112. The number of carbonyl (C=O) groups excluding carboxylic acids is 8. The van der Waals surface area contributed by atoms with Gasteiger partial charge >= 0.3 is 5.97 Å². The summed E-state index contributed by atoms with van der Waals surface area (Å²) in [6, 6.07) is 7.20. The van der Waals surface area contributed by atoms with E-state index in [-0.39, 0.29) is 31.1 Å². The molecule has 0 saturated carbocycles. The van der Waals surface area contributed by atoms with Crippen LogP contribution in [0.1, 0.15) is 86.3 Å². The highest BCUT2D eigenvalue weighted by atomic mass is 16.5. The first kappa shape index (κ1) is 53.5. The number of rotatable bonds is 15. The SMILES string of the molecule is CCC(C)C(=O)N[C@H](Cc1ccccc1)C(=O)N[C@@H]1C(=O)N[C@H](CC(C)C)C(=O)N[C@H](Cc2ccccc2)C(=O)N[C@H](C(C)C(C)C)C(=O)N[C@@H](C(C)O)C(=O)N[C@@H](CO)C(=O)OC1C. The number of carbonyl (C=O) groups is 8. The van der Waals surface area contributed by atoms with Gasteiger partial charge in [0.05, 0.1) is 12.7 Å². The lowest BCUT2D eigenvalue weighted by Crippen LogP contribution is -2.62. The summed E-state index contributed by atoms with van der Waals surface area (Å²) in [6.45, 7) is 13.9. The van der Waals surface area contributed by atoms with Gasteiger partial charge in [-0.05, 0) is 55.6 Å². The third kappa shape index (κ3) is 16.3. The van der Waals surface area contributed by atoms with Crippen LogP contribution in [0.15, 0.2) is 60.7 Å². The van der Waals surface area contributed by atoms with Crippen LogP contribution in [-0.2, 0) is 55.9 Å². The molecule has 9 N–H and O–H groups in total. The molecule has 1 saturated heterocycles. The summed E-state index contributed by atoms with van der Waals surface area (Å²) >= 11 is 0. The molecule has 0 aliphatic carbocycles. The highest BCUT2D eigenvalue weighted by Gasteiger charge is 2.40. The minimum absolute atomic E-state index is 0.0109. The number of esters is 1. The number of amides is 7. The second-order valence-electron chi connectivity index (χ2n) is 17.7. The fourth-order valence-electron chi connectivity index (χ4n) is 7.00. The van der Waals surface area contributed by atoms with Crippen LogP contribution >= 0.6 is 0 Å². The molecule has 0 bridgehead atoms. The summed E-state index contributed by atoms with van der Waals surface area (Å²) in [5.74, 6) is -8.40. The minimum atomic E-state index is -1.80. The molecule has 18 nitrogen and oxygen atoms in total. The predicted molar refractivity (Wildman–Crippen MR) is 241 cm³/mol. The predicted octanol–water partition coefficient (Wildman–Crippen LogP) is 0.568. The Labute approximate surface area is 381 Å². The molecule has 3 rings (SSSR count). The number of nitrogens with one attached hydrogen (secondary N) is 7. The first-order chi connectivity index (χ1) is 30.7. The van der Waals surface area contributed by atoms with E-state index in [2.05, 4.69) is 37.2 Å². The molecule has 0 radical (unpaired) electrons. The molecule has 1 aliphatic heterocycles. The molecule has 1 aliphatic rings. The van der Waals surface area contributed by atoms with Crippen LogP contribution in [-0.4, -0.2) is 119 Å². The fraction of sp³-hybridized carbons (Fsp3) is 0.574. The summed E-state index contributed by atoms with van der Waals surface area (Å²) in [6.07, 6.45) is -2.61. The molecule has 65 heavy (non-hydrogen) atoms. The Bertz CT molecular complexity index is 1930. The van der Waals surface area contributed by atoms with Crippen LogP contribution in [0.3, 0.4) is 0 Å². The number of cyclic esters (lactones) is 1. The van der Waals surface area contributed by atoms with Crippen LogP contribution in [0, 0.1) is 23.7 Å². The smallest absolute Gasteiger partial charge is 0.331 e. The van der Waals surface area contributed by atoms with Gasteiger partial charge in [0.2, 0.25) is 41.4 Å². The second kappa shape index (κ2) is 25.6. The zero-order valence-electron chi connectivity index (χ0n) is 38.9. The topological polar surface area (TPSA) is 270 Å². The fourth-order valence-corrected chi connectivity index (χ4v) is 7.00. The summed E-state index contributed by atoms with van der Waals surface area (Å²) in [5.41, 5.74) is 1.34. The van der Waals surface area contributed by atoms with Gasteiger partial charge in [0.1, 0.15) is 42.4 Å². The number of benzene rings is 2. The largest absolute Gasteiger partial charge is 0.458 e. The van der Waals surface area contributed by atoms with Crippen molar-refractivity contribution >= 4 is 47.3 Å². The van der Waals surface area contributed by atoms with Crippen LogP contribution < -0.4 is 37.2 Å². The maximum atomic E-state index is 14.5. The van der Waals surface area contributed by atoms with Gasteiger partial charge in [-0.15, -0.1) is 0 Å². The van der Waals surface area contributed by atoms with E-state index in [9.17, 15) is 48.6 Å². The average Bonchev–Trinajstić information content (AvgIpc) is 3.26. The van der Waals surface area contributed by atoms with Gasteiger partial charge in [-0.25, -0.2) is 4.79 Å². The van der Waals surface area contributed by atoms with Crippen molar-refractivity contribution in [2.45, 2.75) is 142 Å². The van der Waals surface area contributed by atoms with E-state index >= 15 is 0 Å². The third-order valence-electron chi connectivity index (χ3n) is 11.6. The number of hydrogen-bond donors (Lipinski definition) is 9. The molecule has 1 heterocycles. The normalized spacial score (nSPS) is 24.8. The van der Waals surface area contributed by atoms with Crippen molar-refractivity contribution in [2.75, 3.05) is 6.61 Å². The maximum Gasteiger partial charge on any atom is 0.331 e. The van der Waals surface area contributed by atoms with Crippen molar-refractivity contribution in [3.8, 4) is 0 Å². The zero-order chi connectivity index (χ0) is 48.5. The molecule has 0 aromatic heterocycles. The lowest BCUT2D eigenvalue weighted by molar-refractivity contribution is -0.157. The lowest BCUT2D eigenvalue weighted by Gasteiger charge is -2.31. The Kier molecular flexibility index (Phi) is 21.0. The van der Waals surface area contributed by atoms with E-state index < -0.39 is 120 Å². The highest BCUT2D eigenvalue weighted by molar-refractivity contribution is 5.98. The van der Waals surface area contributed by atoms with Gasteiger partial charge in [0, 0.05) is 18.8 Å². The molecule has 7 amide bonds. The van der Waals surface area contributed by atoms with E-state index in [1.807, 2.05) is 20.8 Å². The van der Waals surface area contributed by atoms with Crippen LogP contribution in [0.2, 0.25) is 0 Å². The van der Waals surface area contributed by atoms with Crippen molar-refractivity contribution in [3.63, 3.8) is 0 Å². The monoisotopic (exact) mass is 908 g/mol. The van der Waals surface area contributed by atoms with Gasteiger partial charge in [0.15, 0.2) is 6.04 Å². The Morgan fingerprint density at radius 1 is 0.677 bits per heavy atom.